The molecule has 0 N–H and O–H groups in total. The molecule has 0 saturated heterocycles. The molecule has 6 heteroatoms. The standard InChI is InChI=1S/C25H22N2O4/c1-2-31-20-14-12-19(13-15-20)26(23(28)18-8-4-3-5-9-18)16-17-27-24(29)21-10-6-7-11-22(21)25(27)30/h3-15H,2,16-17H2,1H3. The van der Waals surface area contributed by atoms with Crippen LogP contribution in [0.1, 0.15) is 38.0 Å². The van der Waals surface area contributed by atoms with E-state index < -0.39 is 0 Å². The van der Waals surface area contributed by atoms with Crippen LogP contribution in [0.15, 0.2) is 78.9 Å². The van der Waals surface area contributed by atoms with E-state index >= 15 is 0 Å². The maximum absolute atomic E-state index is 13.2. The Morgan fingerprint density at radius 3 is 2.00 bits per heavy atom. The number of rotatable bonds is 7. The molecule has 0 aromatic heterocycles. The van der Waals surface area contributed by atoms with E-state index in [1.807, 2.05) is 13.0 Å². The normalized spacial score (nSPS) is 12.6. The van der Waals surface area contributed by atoms with E-state index in [4.69, 9.17) is 4.74 Å². The summed E-state index contributed by atoms with van der Waals surface area (Å²) in [7, 11) is 0. The van der Waals surface area contributed by atoms with Gasteiger partial charge in [-0.05, 0) is 55.5 Å². The molecule has 3 amide bonds. The van der Waals surface area contributed by atoms with Gasteiger partial charge in [0.1, 0.15) is 5.75 Å². The van der Waals surface area contributed by atoms with E-state index in [1.54, 1.807) is 77.7 Å². The van der Waals surface area contributed by atoms with Gasteiger partial charge in [-0.15, -0.1) is 0 Å². The van der Waals surface area contributed by atoms with E-state index in [-0.39, 0.29) is 30.8 Å². The van der Waals surface area contributed by atoms with Crippen LogP contribution in [-0.4, -0.2) is 42.3 Å². The van der Waals surface area contributed by atoms with Crippen LogP contribution in [0.25, 0.3) is 0 Å². The molecule has 4 rings (SSSR count). The molecule has 0 radical (unpaired) electrons. The average Bonchev–Trinajstić information content (AvgIpc) is 3.06. The summed E-state index contributed by atoms with van der Waals surface area (Å²) in [5, 5.41) is 0. The highest BCUT2D eigenvalue weighted by Crippen LogP contribution is 2.24. The van der Waals surface area contributed by atoms with Gasteiger partial charge in [-0.1, -0.05) is 30.3 Å². The Labute approximate surface area is 180 Å². The van der Waals surface area contributed by atoms with Gasteiger partial charge in [0.2, 0.25) is 0 Å². The third-order valence-electron chi connectivity index (χ3n) is 5.15. The van der Waals surface area contributed by atoms with Gasteiger partial charge in [0, 0.05) is 24.3 Å². The summed E-state index contributed by atoms with van der Waals surface area (Å²) < 4.78 is 5.49. The van der Waals surface area contributed by atoms with Gasteiger partial charge < -0.3 is 9.64 Å². The zero-order valence-electron chi connectivity index (χ0n) is 17.2. The Kier molecular flexibility index (Phi) is 5.80. The summed E-state index contributed by atoms with van der Waals surface area (Å²) in [6, 6.07) is 22.9. The van der Waals surface area contributed by atoms with Crippen molar-refractivity contribution in [3.63, 3.8) is 0 Å². The SMILES string of the molecule is CCOc1ccc(N(CCN2C(=O)c3ccccc3C2=O)C(=O)c2ccccc2)cc1. The van der Waals surface area contributed by atoms with Gasteiger partial charge >= 0.3 is 0 Å². The van der Waals surface area contributed by atoms with E-state index in [9.17, 15) is 14.4 Å². The largest absolute Gasteiger partial charge is 0.494 e. The number of benzene rings is 3. The molecule has 0 atom stereocenters. The maximum Gasteiger partial charge on any atom is 0.261 e. The lowest BCUT2D eigenvalue weighted by atomic mass is 10.1. The molecule has 0 unspecified atom stereocenters. The predicted octanol–water partition coefficient (Wildman–Crippen LogP) is 4.03. The van der Waals surface area contributed by atoms with Crippen LogP contribution in [0, 0.1) is 0 Å². The molecule has 156 valence electrons. The minimum atomic E-state index is -0.334. The quantitative estimate of drug-likeness (QED) is 0.548. The van der Waals surface area contributed by atoms with Crippen molar-refractivity contribution in [3.8, 4) is 5.75 Å². The first kappa shape index (κ1) is 20.3. The average molecular weight is 414 g/mol. The fourth-order valence-corrected chi connectivity index (χ4v) is 3.62. The Bertz CT molecular complexity index is 1070. The van der Waals surface area contributed by atoms with E-state index in [0.717, 1.165) is 0 Å². The second kappa shape index (κ2) is 8.83. The predicted molar refractivity (Wildman–Crippen MR) is 118 cm³/mol. The van der Waals surface area contributed by atoms with Crippen LogP contribution < -0.4 is 9.64 Å². The van der Waals surface area contributed by atoms with Crippen molar-refractivity contribution in [3.05, 3.63) is 95.6 Å². The Morgan fingerprint density at radius 1 is 0.839 bits per heavy atom. The van der Waals surface area contributed by atoms with E-state index in [1.165, 1.54) is 4.90 Å². The Morgan fingerprint density at radius 2 is 1.42 bits per heavy atom. The molecule has 3 aromatic rings. The van der Waals surface area contributed by atoms with Crippen LogP contribution in [0.3, 0.4) is 0 Å². The first-order valence-electron chi connectivity index (χ1n) is 10.1. The topological polar surface area (TPSA) is 66.9 Å². The number of hydrogen-bond acceptors (Lipinski definition) is 4. The molecule has 0 bridgehead atoms. The van der Waals surface area contributed by atoms with Gasteiger partial charge in [0.25, 0.3) is 17.7 Å². The lowest BCUT2D eigenvalue weighted by Crippen LogP contribution is -2.41. The fourth-order valence-electron chi connectivity index (χ4n) is 3.62. The minimum Gasteiger partial charge on any atom is -0.494 e. The highest BCUT2D eigenvalue weighted by atomic mass is 16.5. The number of imide groups is 1. The molecule has 0 saturated carbocycles. The summed E-state index contributed by atoms with van der Waals surface area (Å²) in [6.45, 7) is 2.72. The number of carbonyl (C=O) groups is 3. The van der Waals surface area contributed by atoms with Gasteiger partial charge in [0.15, 0.2) is 0 Å². The highest BCUT2D eigenvalue weighted by molar-refractivity contribution is 6.21. The highest BCUT2D eigenvalue weighted by Gasteiger charge is 2.35. The maximum atomic E-state index is 13.2. The molecule has 1 heterocycles. The van der Waals surface area contributed by atoms with Crippen LogP contribution in [-0.2, 0) is 0 Å². The van der Waals surface area contributed by atoms with Crippen molar-refractivity contribution < 1.29 is 19.1 Å². The number of nitrogens with zero attached hydrogens (tertiary/aromatic N) is 2. The van der Waals surface area contributed by atoms with Crippen LogP contribution in [0.5, 0.6) is 5.75 Å². The van der Waals surface area contributed by atoms with Gasteiger partial charge in [-0.3, -0.25) is 19.3 Å². The summed E-state index contributed by atoms with van der Waals surface area (Å²) >= 11 is 0. The first-order chi connectivity index (χ1) is 15.1. The molecular formula is C25H22N2O4. The van der Waals surface area contributed by atoms with E-state index in [2.05, 4.69) is 0 Å². The minimum absolute atomic E-state index is 0.0954. The van der Waals surface area contributed by atoms with Crippen LogP contribution in [0.2, 0.25) is 0 Å². The second-order valence-electron chi connectivity index (χ2n) is 7.06. The van der Waals surface area contributed by atoms with Crippen LogP contribution in [0.4, 0.5) is 5.69 Å². The molecule has 0 fully saturated rings. The zero-order valence-corrected chi connectivity index (χ0v) is 17.2. The summed E-state index contributed by atoms with van der Waals surface area (Å²) in [5.74, 6) is -0.168. The van der Waals surface area contributed by atoms with Gasteiger partial charge in [-0.2, -0.15) is 0 Å². The lowest BCUT2D eigenvalue weighted by molar-refractivity contribution is 0.0654. The smallest absolute Gasteiger partial charge is 0.261 e. The molecule has 31 heavy (non-hydrogen) atoms. The molecule has 6 nitrogen and oxygen atoms in total. The van der Waals surface area contributed by atoms with Crippen molar-refractivity contribution in [1.82, 2.24) is 4.90 Å². The molecule has 3 aromatic carbocycles. The third-order valence-corrected chi connectivity index (χ3v) is 5.15. The molecule has 1 aliphatic rings. The van der Waals surface area contributed by atoms with Gasteiger partial charge in [-0.25, -0.2) is 0 Å². The van der Waals surface area contributed by atoms with Gasteiger partial charge in [0.05, 0.1) is 17.7 Å². The summed E-state index contributed by atoms with van der Waals surface area (Å²) in [5.41, 5.74) is 1.98. The zero-order chi connectivity index (χ0) is 21.8. The summed E-state index contributed by atoms with van der Waals surface area (Å²) in [4.78, 5) is 41.4. The number of carbonyl (C=O) groups excluding carboxylic acids is 3. The van der Waals surface area contributed by atoms with Crippen molar-refractivity contribution in [2.24, 2.45) is 0 Å². The summed E-state index contributed by atoms with van der Waals surface area (Å²) in [6.07, 6.45) is 0. The van der Waals surface area contributed by atoms with Crippen molar-refractivity contribution in [1.29, 1.82) is 0 Å². The fraction of sp³-hybridized carbons (Fsp3) is 0.160. The van der Waals surface area contributed by atoms with Crippen LogP contribution >= 0.6 is 0 Å². The monoisotopic (exact) mass is 414 g/mol. The number of fused-ring (bicyclic) bond motifs is 1. The molecule has 0 aliphatic carbocycles. The first-order valence-corrected chi connectivity index (χ1v) is 10.1. The Balaban J connectivity index is 1.58. The van der Waals surface area contributed by atoms with E-state index in [0.29, 0.717) is 34.7 Å². The van der Waals surface area contributed by atoms with Crippen molar-refractivity contribution in [2.45, 2.75) is 6.92 Å². The number of amides is 3. The number of hydrogen-bond donors (Lipinski definition) is 0. The number of ether oxygens (including phenoxy) is 1. The van der Waals surface area contributed by atoms with Crippen molar-refractivity contribution in [2.75, 3.05) is 24.6 Å². The molecular weight excluding hydrogens is 392 g/mol. The Hall–Kier alpha value is -3.93. The molecule has 0 spiro atoms. The van der Waals surface area contributed by atoms with Crippen molar-refractivity contribution >= 4 is 23.4 Å². The number of anilines is 1. The second-order valence-corrected chi connectivity index (χ2v) is 7.06. The third kappa shape index (κ3) is 4.05. The lowest BCUT2D eigenvalue weighted by Gasteiger charge is -2.25. The molecule has 1 aliphatic heterocycles.